The fourth-order valence-corrected chi connectivity index (χ4v) is 3.26. The van der Waals surface area contributed by atoms with Crippen LogP contribution in [0.5, 0.6) is 0 Å². The van der Waals surface area contributed by atoms with Crippen molar-refractivity contribution in [2.24, 2.45) is 11.3 Å². The monoisotopic (exact) mass is 188 g/mol. The van der Waals surface area contributed by atoms with Gasteiger partial charge < -0.3 is 0 Å². The Hall–Kier alpha value is 0.290. The standard InChI is InChI=1S/C11H21Cl/c1-3-11(4-2,9-12)10-7-5-6-8-10/h10H,3-9H2,1-2H3. The molecular formula is C11H21Cl. The van der Waals surface area contributed by atoms with E-state index in [1.165, 1.54) is 38.5 Å². The highest BCUT2D eigenvalue weighted by Gasteiger charge is 2.36. The summed E-state index contributed by atoms with van der Waals surface area (Å²) in [6.45, 7) is 4.59. The molecule has 72 valence electrons. The smallest absolute Gasteiger partial charge is 0.0282 e. The van der Waals surface area contributed by atoms with Crippen LogP contribution in [0.25, 0.3) is 0 Å². The number of halogens is 1. The van der Waals surface area contributed by atoms with E-state index in [1.807, 2.05) is 0 Å². The van der Waals surface area contributed by atoms with E-state index in [-0.39, 0.29) is 0 Å². The molecule has 0 aromatic carbocycles. The Kier molecular flexibility index (Phi) is 3.89. The van der Waals surface area contributed by atoms with E-state index in [0.717, 1.165) is 11.8 Å². The molecule has 1 aliphatic carbocycles. The van der Waals surface area contributed by atoms with Crippen molar-refractivity contribution in [1.29, 1.82) is 0 Å². The maximum atomic E-state index is 6.10. The summed E-state index contributed by atoms with van der Waals surface area (Å²) in [6, 6.07) is 0. The van der Waals surface area contributed by atoms with Crippen molar-refractivity contribution in [1.82, 2.24) is 0 Å². The Morgan fingerprint density at radius 3 is 2.00 bits per heavy atom. The van der Waals surface area contributed by atoms with Crippen LogP contribution in [0.4, 0.5) is 0 Å². The topological polar surface area (TPSA) is 0 Å². The van der Waals surface area contributed by atoms with Gasteiger partial charge in [0.15, 0.2) is 0 Å². The predicted molar refractivity (Wildman–Crippen MR) is 55.7 cm³/mol. The molecule has 1 aliphatic rings. The molecule has 0 nitrogen and oxygen atoms in total. The van der Waals surface area contributed by atoms with Crippen molar-refractivity contribution in [3.8, 4) is 0 Å². The van der Waals surface area contributed by atoms with Crippen LogP contribution in [-0.4, -0.2) is 5.88 Å². The predicted octanol–water partition coefficient (Wildman–Crippen LogP) is 4.22. The lowest BCUT2D eigenvalue weighted by atomic mass is 9.72. The zero-order chi connectivity index (χ0) is 9.03. The molecule has 0 heterocycles. The van der Waals surface area contributed by atoms with Gasteiger partial charge in [0.1, 0.15) is 0 Å². The summed E-state index contributed by atoms with van der Waals surface area (Å²) in [5.41, 5.74) is 0.470. The van der Waals surface area contributed by atoms with E-state index in [9.17, 15) is 0 Å². The lowest BCUT2D eigenvalue weighted by molar-refractivity contribution is 0.177. The molecule has 0 aliphatic heterocycles. The Bertz CT molecular complexity index is 113. The summed E-state index contributed by atoms with van der Waals surface area (Å²) >= 11 is 6.10. The molecule has 0 amide bonds. The number of hydrogen-bond acceptors (Lipinski definition) is 0. The van der Waals surface area contributed by atoms with Gasteiger partial charge in [0, 0.05) is 5.88 Å². The van der Waals surface area contributed by atoms with Crippen LogP contribution in [0.2, 0.25) is 0 Å². The van der Waals surface area contributed by atoms with Crippen LogP contribution >= 0.6 is 11.6 Å². The van der Waals surface area contributed by atoms with Crippen LogP contribution in [0.1, 0.15) is 52.4 Å². The summed E-state index contributed by atoms with van der Waals surface area (Å²) in [5.74, 6) is 1.79. The van der Waals surface area contributed by atoms with Gasteiger partial charge in [-0.05, 0) is 37.0 Å². The maximum absolute atomic E-state index is 6.10. The van der Waals surface area contributed by atoms with E-state index in [0.29, 0.717) is 5.41 Å². The molecule has 1 heteroatoms. The number of rotatable bonds is 4. The quantitative estimate of drug-likeness (QED) is 0.580. The van der Waals surface area contributed by atoms with Gasteiger partial charge in [0.2, 0.25) is 0 Å². The van der Waals surface area contributed by atoms with E-state index in [1.54, 1.807) is 0 Å². The third-order valence-corrected chi connectivity index (χ3v) is 4.43. The van der Waals surface area contributed by atoms with Crippen LogP contribution in [0.15, 0.2) is 0 Å². The molecule has 0 bridgehead atoms. The van der Waals surface area contributed by atoms with Crippen LogP contribution in [-0.2, 0) is 0 Å². The first-order valence-electron chi connectivity index (χ1n) is 5.35. The highest BCUT2D eigenvalue weighted by atomic mass is 35.5. The summed E-state index contributed by atoms with van der Waals surface area (Å²) < 4.78 is 0. The third kappa shape index (κ3) is 1.79. The number of hydrogen-bond donors (Lipinski definition) is 0. The minimum Gasteiger partial charge on any atom is -0.126 e. The third-order valence-electron chi connectivity index (χ3n) is 3.90. The van der Waals surface area contributed by atoms with Crippen LogP contribution in [0, 0.1) is 11.3 Å². The number of alkyl halides is 1. The molecule has 12 heavy (non-hydrogen) atoms. The first-order chi connectivity index (χ1) is 5.79. The first kappa shape index (κ1) is 10.4. The van der Waals surface area contributed by atoms with Gasteiger partial charge in [0.05, 0.1) is 0 Å². The highest BCUT2D eigenvalue weighted by Crippen LogP contribution is 2.45. The average molecular weight is 189 g/mol. The summed E-state index contributed by atoms with van der Waals surface area (Å²) in [7, 11) is 0. The fraction of sp³-hybridized carbons (Fsp3) is 1.00. The van der Waals surface area contributed by atoms with E-state index < -0.39 is 0 Å². The van der Waals surface area contributed by atoms with Crippen molar-refractivity contribution >= 4 is 11.6 Å². The maximum Gasteiger partial charge on any atom is 0.0282 e. The molecule has 1 rings (SSSR count). The second kappa shape index (κ2) is 4.50. The van der Waals surface area contributed by atoms with E-state index in [4.69, 9.17) is 11.6 Å². The fourth-order valence-electron chi connectivity index (χ4n) is 2.66. The van der Waals surface area contributed by atoms with Crippen molar-refractivity contribution < 1.29 is 0 Å². The second-order valence-electron chi connectivity index (χ2n) is 4.18. The normalized spacial score (nSPS) is 20.2. The Morgan fingerprint density at radius 1 is 1.17 bits per heavy atom. The van der Waals surface area contributed by atoms with E-state index >= 15 is 0 Å². The summed E-state index contributed by atoms with van der Waals surface area (Å²) in [4.78, 5) is 0. The molecule has 0 radical (unpaired) electrons. The Balaban J connectivity index is 2.61. The van der Waals surface area contributed by atoms with Gasteiger partial charge in [-0.3, -0.25) is 0 Å². The molecule has 0 aromatic heterocycles. The minimum atomic E-state index is 0.470. The van der Waals surface area contributed by atoms with Crippen LogP contribution < -0.4 is 0 Å². The van der Waals surface area contributed by atoms with Gasteiger partial charge in [-0.1, -0.05) is 26.7 Å². The van der Waals surface area contributed by atoms with E-state index in [2.05, 4.69) is 13.8 Å². The molecule has 0 atom stereocenters. The zero-order valence-corrected chi connectivity index (χ0v) is 9.16. The molecule has 1 fully saturated rings. The van der Waals surface area contributed by atoms with Gasteiger partial charge in [-0.2, -0.15) is 0 Å². The highest BCUT2D eigenvalue weighted by molar-refractivity contribution is 6.18. The Labute approximate surface area is 81.7 Å². The Morgan fingerprint density at radius 2 is 1.67 bits per heavy atom. The molecule has 1 saturated carbocycles. The largest absolute Gasteiger partial charge is 0.126 e. The first-order valence-corrected chi connectivity index (χ1v) is 5.88. The van der Waals surface area contributed by atoms with Crippen molar-refractivity contribution in [2.45, 2.75) is 52.4 Å². The average Bonchev–Trinajstić information content (AvgIpc) is 2.62. The molecule has 0 unspecified atom stereocenters. The van der Waals surface area contributed by atoms with Gasteiger partial charge >= 0.3 is 0 Å². The zero-order valence-electron chi connectivity index (χ0n) is 8.41. The van der Waals surface area contributed by atoms with Crippen molar-refractivity contribution in [2.75, 3.05) is 5.88 Å². The molecule has 0 N–H and O–H groups in total. The lowest BCUT2D eigenvalue weighted by Gasteiger charge is -2.35. The van der Waals surface area contributed by atoms with Gasteiger partial charge in [0.25, 0.3) is 0 Å². The molecule has 0 aromatic rings. The minimum absolute atomic E-state index is 0.470. The summed E-state index contributed by atoms with van der Waals surface area (Å²) in [6.07, 6.45) is 8.24. The van der Waals surface area contributed by atoms with Gasteiger partial charge in [-0.15, -0.1) is 11.6 Å². The molecule has 0 spiro atoms. The molecular weight excluding hydrogens is 168 g/mol. The summed E-state index contributed by atoms with van der Waals surface area (Å²) in [5, 5.41) is 0. The van der Waals surface area contributed by atoms with Crippen molar-refractivity contribution in [3.63, 3.8) is 0 Å². The van der Waals surface area contributed by atoms with Crippen LogP contribution in [0.3, 0.4) is 0 Å². The van der Waals surface area contributed by atoms with Crippen molar-refractivity contribution in [3.05, 3.63) is 0 Å². The SMILES string of the molecule is CCC(CC)(CCl)C1CCCC1. The molecule has 0 saturated heterocycles. The lowest BCUT2D eigenvalue weighted by Crippen LogP contribution is -2.29. The van der Waals surface area contributed by atoms with Gasteiger partial charge in [-0.25, -0.2) is 0 Å². The second-order valence-corrected chi connectivity index (χ2v) is 4.45.